The SMILES string of the molecule is CCCC(COC)NS(=O)(=O)c1cccc(CNC)c1. The summed E-state index contributed by atoms with van der Waals surface area (Å²) in [4.78, 5) is 0.294. The van der Waals surface area contributed by atoms with Gasteiger partial charge < -0.3 is 10.1 Å². The van der Waals surface area contributed by atoms with E-state index >= 15 is 0 Å². The number of methoxy groups -OCH3 is 1. The van der Waals surface area contributed by atoms with Crippen molar-refractivity contribution >= 4 is 10.0 Å². The lowest BCUT2D eigenvalue weighted by molar-refractivity contribution is 0.171. The van der Waals surface area contributed by atoms with Gasteiger partial charge in [0.1, 0.15) is 0 Å². The van der Waals surface area contributed by atoms with Crippen molar-refractivity contribution in [3.8, 4) is 0 Å². The molecule has 114 valence electrons. The Bertz CT molecular complexity index is 497. The summed E-state index contributed by atoms with van der Waals surface area (Å²) in [6.07, 6.45) is 1.65. The molecule has 0 fully saturated rings. The van der Waals surface area contributed by atoms with Crippen molar-refractivity contribution in [2.24, 2.45) is 0 Å². The van der Waals surface area contributed by atoms with Gasteiger partial charge in [-0.3, -0.25) is 0 Å². The van der Waals surface area contributed by atoms with Crippen LogP contribution in [0.25, 0.3) is 0 Å². The van der Waals surface area contributed by atoms with Crippen LogP contribution in [0.2, 0.25) is 0 Å². The molecule has 1 aromatic carbocycles. The van der Waals surface area contributed by atoms with E-state index in [4.69, 9.17) is 4.74 Å². The van der Waals surface area contributed by atoms with E-state index in [0.29, 0.717) is 18.0 Å². The standard InChI is InChI=1S/C14H24N2O3S/c1-4-6-13(11-19-3)16-20(17,18)14-8-5-7-12(9-14)10-15-2/h5,7-9,13,15-16H,4,6,10-11H2,1-3H3. The lowest BCUT2D eigenvalue weighted by Gasteiger charge is -2.17. The Morgan fingerprint density at radius 1 is 1.35 bits per heavy atom. The highest BCUT2D eigenvalue weighted by atomic mass is 32.2. The molecule has 0 heterocycles. The highest BCUT2D eigenvalue weighted by Crippen LogP contribution is 2.13. The first kappa shape index (κ1) is 17.1. The summed E-state index contributed by atoms with van der Waals surface area (Å²) in [6, 6.07) is 6.76. The molecule has 2 N–H and O–H groups in total. The summed E-state index contributed by atoms with van der Waals surface area (Å²) in [5, 5.41) is 3.01. The van der Waals surface area contributed by atoms with Crippen molar-refractivity contribution in [1.82, 2.24) is 10.0 Å². The summed E-state index contributed by atoms with van der Waals surface area (Å²) in [5.41, 5.74) is 0.939. The summed E-state index contributed by atoms with van der Waals surface area (Å²) in [7, 11) is -0.0999. The molecule has 1 unspecified atom stereocenters. The van der Waals surface area contributed by atoms with Crippen LogP contribution in [0.15, 0.2) is 29.2 Å². The van der Waals surface area contributed by atoms with E-state index in [9.17, 15) is 8.42 Å². The molecule has 0 aliphatic heterocycles. The Morgan fingerprint density at radius 3 is 2.70 bits per heavy atom. The Balaban J connectivity index is 2.88. The molecule has 1 rings (SSSR count). The van der Waals surface area contributed by atoms with Gasteiger partial charge in [-0.25, -0.2) is 13.1 Å². The van der Waals surface area contributed by atoms with Crippen LogP contribution in [0.3, 0.4) is 0 Å². The first-order valence-electron chi connectivity index (χ1n) is 6.78. The number of sulfonamides is 1. The summed E-state index contributed by atoms with van der Waals surface area (Å²) >= 11 is 0. The molecular formula is C14H24N2O3S. The summed E-state index contributed by atoms with van der Waals surface area (Å²) < 4.78 is 32.5. The number of benzene rings is 1. The number of nitrogens with one attached hydrogen (secondary N) is 2. The van der Waals surface area contributed by atoms with Gasteiger partial charge in [0.2, 0.25) is 10.0 Å². The zero-order valence-corrected chi connectivity index (χ0v) is 13.2. The lowest BCUT2D eigenvalue weighted by atomic mass is 10.2. The molecule has 0 saturated carbocycles. The van der Waals surface area contributed by atoms with Crippen molar-refractivity contribution in [3.63, 3.8) is 0 Å². The van der Waals surface area contributed by atoms with Gasteiger partial charge in [0.05, 0.1) is 11.5 Å². The third-order valence-electron chi connectivity index (χ3n) is 2.92. The molecule has 5 nitrogen and oxygen atoms in total. The topological polar surface area (TPSA) is 67.4 Å². The second-order valence-corrected chi connectivity index (χ2v) is 6.45. The number of hydrogen-bond donors (Lipinski definition) is 2. The smallest absolute Gasteiger partial charge is 0.240 e. The molecule has 0 bridgehead atoms. The fourth-order valence-electron chi connectivity index (χ4n) is 2.04. The van der Waals surface area contributed by atoms with Gasteiger partial charge >= 0.3 is 0 Å². The van der Waals surface area contributed by atoms with Crippen LogP contribution in [0, 0.1) is 0 Å². The largest absolute Gasteiger partial charge is 0.383 e. The number of ether oxygens (including phenoxy) is 1. The van der Waals surface area contributed by atoms with Crippen LogP contribution in [0.1, 0.15) is 25.3 Å². The van der Waals surface area contributed by atoms with Crippen LogP contribution in [0.5, 0.6) is 0 Å². The normalized spacial score (nSPS) is 13.3. The molecule has 0 spiro atoms. The predicted octanol–water partition coefficient (Wildman–Crippen LogP) is 1.50. The third kappa shape index (κ3) is 5.20. The minimum absolute atomic E-state index is 0.192. The van der Waals surface area contributed by atoms with E-state index in [0.717, 1.165) is 18.4 Å². The minimum atomic E-state index is -3.50. The fourth-order valence-corrected chi connectivity index (χ4v) is 3.37. The number of rotatable bonds is 9. The second kappa shape index (κ2) is 8.36. The summed E-state index contributed by atoms with van der Waals surface area (Å²) in [5.74, 6) is 0. The van der Waals surface area contributed by atoms with Crippen LogP contribution < -0.4 is 10.0 Å². The predicted molar refractivity (Wildman–Crippen MR) is 80.1 cm³/mol. The second-order valence-electron chi connectivity index (χ2n) is 4.74. The fraction of sp³-hybridized carbons (Fsp3) is 0.571. The maximum absolute atomic E-state index is 12.4. The van der Waals surface area contributed by atoms with E-state index in [1.165, 1.54) is 0 Å². The quantitative estimate of drug-likeness (QED) is 0.725. The van der Waals surface area contributed by atoms with E-state index in [2.05, 4.69) is 10.0 Å². The highest BCUT2D eigenvalue weighted by Gasteiger charge is 2.19. The van der Waals surface area contributed by atoms with Gasteiger partial charge in [-0.2, -0.15) is 0 Å². The Kier molecular flexibility index (Phi) is 7.15. The molecule has 0 aromatic heterocycles. The molecule has 0 saturated heterocycles. The average molecular weight is 300 g/mol. The highest BCUT2D eigenvalue weighted by molar-refractivity contribution is 7.89. The molecule has 1 aromatic rings. The monoisotopic (exact) mass is 300 g/mol. The van der Waals surface area contributed by atoms with E-state index in [-0.39, 0.29) is 6.04 Å². The van der Waals surface area contributed by atoms with Crippen molar-refractivity contribution in [2.45, 2.75) is 37.2 Å². The minimum Gasteiger partial charge on any atom is -0.383 e. The molecule has 1 atom stereocenters. The van der Waals surface area contributed by atoms with E-state index in [1.807, 2.05) is 20.0 Å². The van der Waals surface area contributed by atoms with Gasteiger partial charge in [0, 0.05) is 19.7 Å². The third-order valence-corrected chi connectivity index (χ3v) is 4.43. The van der Waals surface area contributed by atoms with Gasteiger partial charge in [-0.15, -0.1) is 0 Å². The number of hydrogen-bond acceptors (Lipinski definition) is 4. The summed E-state index contributed by atoms with van der Waals surface area (Å²) in [6.45, 7) is 3.04. The molecular weight excluding hydrogens is 276 g/mol. The maximum Gasteiger partial charge on any atom is 0.240 e. The molecule has 0 amide bonds. The molecule has 0 radical (unpaired) electrons. The van der Waals surface area contributed by atoms with E-state index in [1.54, 1.807) is 25.3 Å². The first-order valence-corrected chi connectivity index (χ1v) is 8.26. The molecule has 20 heavy (non-hydrogen) atoms. The van der Waals surface area contributed by atoms with Gasteiger partial charge in [0.25, 0.3) is 0 Å². The first-order chi connectivity index (χ1) is 9.53. The van der Waals surface area contributed by atoms with Crippen molar-refractivity contribution in [2.75, 3.05) is 20.8 Å². The van der Waals surface area contributed by atoms with Crippen LogP contribution >= 0.6 is 0 Å². The van der Waals surface area contributed by atoms with Crippen molar-refractivity contribution in [3.05, 3.63) is 29.8 Å². The molecule has 6 heteroatoms. The van der Waals surface area contributed by atoms with Crippen LogP contribution in [-0.2, 0) is 21.3 Å². The Morgan fingerprint density at radius 2 is 2.10 bits per heavy atom. The average Bonchev–Trinajstić information content (AvgIpc) is 2.39. The van der Waals surface area contributed by atoms with Gasteiger partial charge in [-0.1, -0.05) is 25.5 Å². The maximum atomic E-state index is 12.4. The van der Waals surface area contributed by atoms with Gasteiger partial charge in [-0.05, 0) is 31.2 Å². The zero-order valence-electron chi connectivity index (χ0n) is 12.3. The Hall–Kier alpha value is -0.950. The Labute approximate surface area is 121 Å². The van der Waals surface area contributed by atoms with Gasteiger partial charge in [0.15, 0.2) is 0 Å². The zero-order chi connectivity index (χ0) is 15.0. The van der Waals surface area contributed by atoms with Crippen LogP contribution in [0.4, 0.5) is 0 Å². The van der Waals surface area contributed by atoms with Crippen LogP contribution in [-0.4, -0.2) is 35.2 Å². The van der Waals surface area contributed by atoms with Crippen molar-refractivity contribution in [1.29, 1.82) is 0 Å². The van der Waals surface area contributed by atoms with Crippen molar-refractivity contribution < 1.29 is 13.2 Å². The molecule has 0 aliphatic carbocycles. The lowest BCUT2D eigenvalue weighted by Crippen LogP contribution is -2.37. The molecule has 0 aliphatic rings. The van der Waals surface area contributed by atoms with E-state index < -0.39 is 10.0 Å².